The van der Waals surface area contributed by atoms with Crippen LogP contribution >= 0.6 is 0 Å². The topological polar surface area (TPSA) is 81.6 Å². The van der Waals surface area contributed by atoms with Gasteiger partial charge in [-0.05, 0) is 6.92 Å². The molecule has 4 N–H and O–H groups in total. The zero-order valence-electron chi connectivity index (χ0n) is 8.36. The van der Waals surface area contributed by atoms with Crippen LogP contribution < -0.4 is 10.6 Å². The Bertz CT molecular complexity index is 185. The van der Waals surface area contributed by atoms with E-state index < -0.39 is 12.1 Å². The van der Waals surface area contributed by atoms with Crippen LogP contribution in [-0.4, -0.2) is 48.0 Å². The second kappa shape index (κ2) is 7.49. The van der Waals surface area contributed by atoms with Gasteiger partial charge >= 0.3 is 0 Å². The number of carbonyl (C=O) groups is 1. The van der Waals surface area contributed by atoms with Crippen molar-refractivity contribution in [2.45, 2.75) is 19.1 Å². The molecule has 0 saturated heterocycles. The molecule has 0 aromatic rings. The number of rotatable bonds is 7. The zero-order valence-corrected chi connectivity index (χ0v) is 8.36. The maximum absolute atomic E-state index is 11.2. The quantitative estimate of drug-likeness (QED) is 0.384. The van der Waals surface area contributed by atoms with E-state index in [4.69, 9.17) is 10.2 Å². The van der Waals surface area contributed by atoms with Crippen LogP contribution in [0.4, 0.5) is 0 Å². The van der Waals surface area contributed by atoms with E-state index in [-0.39, 0.29) is 19.1 Å². The largest absolute Gasteiger partial charge is 0.394 e. The van der Waals surface area contributed by atoms with Gasteiger partial charge in [0.15, 0.2) is 0 Å². The first-order valence-corrected chi connectivity index (χ1v) is 4.52. The molecule has 0 aromatic carbocycles. The molecule has 0 saturated carbocycles. The van der Waals surface area contributed by atoms with Gasteiger partial charge in [-0.3, -0.25) is 4.79 Å². The van der Waals surface area contributed by atoms with Crippen molar-refractivity contribution in [1.29, 1.82) is 0 Å². The molecule has 0 heterocycles. The minimum absolute atomic E-state index is 0.157. The lowest BCUT2D eigenvalue weighted by atomic mass is 10.3. The molecule has 0 aliphatic carbocycles. The fourth-order valence-corrected chi connectivity index (χ4v) is 0.796. The van der Waals surface area contributed by atoms with Gasteiger partial charge in [0, 0.05) is 13.1 Å². The summed E-state index contributed by atoms with van der Waals surface area (Å²) in [4.78, 5) is 11.2. The van der Waals surface area contributed by atoms with Crippen LogP contribution in [-0.2, 0) is 4.79 Å². The Balaban J connectivity index is 3.66. The van der Waals surface area contributed by atoms with Gasteiger partial charge < -0.3 is 20.8 Å². The fraction of sp³-hybridized carbons (Fsp3) is 0.667. The third-order valence-electron chi connectivity index (χ3n) is 1.68. The van der Waals surface area contributed by atoms with Crippen molar-refractivity contribution in [3.63, 3.8) is 0 Å². The van der Waals surface area contributed by atoms with Gasteiger partial charge in [0.05, 0.1) is 18.8 Å². The van der Waals surface area contributed by atoms with Gasteiger partial charge in [-0.1, -0.05) is 6.08 Å². The Kier molecular flexibility index (Phi) is 7.00. The van der Waals surface area contributed by atoms with Crippen molar-refractivity contribution >= 4 is 5.91 Å². The molecule has 1 amide bonds. The number of aliphatic hydroxyl groups excluding tert-OH is 2. The van der Waals surface area contributed by atoms with Crippen LogP contribution in [0.1, 0.15) is 6.92 Å². The molecule has 0 bridgehead atoms. The highest BCUT2D eigenvalue weighted by atomic mass is 16.3. The van der Waals surface area contributed by atoms with Crippen molar-refractivity contribution in [3.8, 4) is 0 Å². The molecule has 0 aliphatic heterocycles. The summed E-state index contributed by atoms with van der Waals surface area (Å²) in [6.07, 6.45) is 0.761. The van der Waals surface area contributed by atoms with Gasteiger partial charge in [0.1, 0.15) is 0 Å². The fourth-order valence-electron chi connectivity index (χ4n) is 0.796. The third-order valence-corrected chi connectivity index (χ3v) is 1.68. The molecule has 5 nitrogen and oxygen atoms in total. The minimum atomic E-state index is -0.829. The van der Waals surface area contributed by atoms with Crippen molar-refractivity contribution in [1.82, 2.24) is 10.6 Å². The second-order valence-corrected chi connectivity index (χ2v) is 3.00. The molecule has 0 rings (SSSR count). The molecular formula is C9H18N2O3. The van der Waals surface area contributed by atoms with Crippen LogP contribution in [0.25, 0.3) is 0 Å². The second-order valence-electron chi connectivity index (χ2n) is 3.00. The van der Waals surface area contributed by atoms with E-state index in [0.717, 1.165) is 0 Å². The summed E-state index contributed by atoms with van der Waals surface area (Å²) in [5.41, 5.74) is 0. The molecule has 5 heteroatoms. The number of hydrogen-bond acceptors (Lipinski definition) is 4. The maximum atomic E-state index is 11.2. The lowest BCUT2D eigenvalue weighted by Gasteiger charge is -2.15. The van der Waals surface area contributed by atoms with Gasteiger partial charge in [-0.15, -0.1) is 6.58 Å². The summed E-state index contributed by atoms with van der Waals surface area (Å²) in [5.74, 6) is -0.157. The number of hydrogen-bond donors (Lipinski definition) is 4. The van der Waals surface area contributed by atoms with E-state index in [1.54, 1.807) is 13.0 Å². The lowest BCUT2D eigenvalue weighted by molar-refractivity contribution is -0.122. The summed E-state index contributed by atoms with van der Waals surface area (Å²) in [6, 6.07) is -0.392. The lowest BCUT2D eigenvalue weighted by Crippen LogP contribution is -2.45. The highest BCUT2D eigenvalue weighted by molar-refractivity contribution is 5.81. The maximum Gasteiger partial charge on any atom is 0.237 e. The van der Waals surface area contributed by atoms with E-state index in [0.29, 0.717) is 6.54 Å². The normalized spacial score (nSPS) is 14.5. The summed E-state index contributed by atoms with van der Waals surface area (Å²) in [5, 5.41) is 22.9. The van der Waals surface area contributed by atoms with Crippen LogP contribution in [0, 0.1) is 0 Å². The van der Waals surface area contributed by atoms with Crippen molar-refractivity contribution in [2.75, 3.05) is 19.7 Å². The molecule has 0 spiro atoms. The van der Waals surface area contributed by atoms with Gasteiger partial charge in [-0.25, -0.2) is 0 Å². The Morgan fingerprint density at radius 3 is 2.79 bits per heavy atom. The molecule has 14 heavy (non-hydrogen) atoms. The summed E-state index contributed by atoms with van der Waals surface area (Å²) >= 11 is 0. The Morgan fingerprint density at radius 2 is 2.29 bits per heavy atom. The van der Waals surface area contributed by atoms with Crippen LogP contribution in [0.5, 0.6) is 0 Å². The number of carbonyl (C=O) groups excluding carboxylic acids is 1. The first-order chi connectivity index (χ1) is 6.61. The summed E-state index contributed by atoms with van der Waals surface area (Å²) < 4.78 is 0. The van der Waals surface area contributed by atoms with E-state index >= 15 is 0 Å². The van der Waals surface area contributed by atoms with Crippen LogP contribution in [0.2, 0.25) is 0 Å². The van der Waals surface area contributed by atoms with Crippen LogP contribution in [0.3, 0.4) is 0 Å². The molecule has 2 atom stereocenters. The molecule has 82 valence electrons. The average molecular weight is 202 g/mol. The Hall–Kier alpha value is -0.910. The van der Waals surface area contributed by atoms with Crippen molar-refractivity contribution < 1.29 is 15.0 Å². The smallest absolute Gasteiger partial charge is 0.237 e. The van der Waals surface area contributed by atoms with E-state index in [2.05, 4.69) is 17.2 Å². The molecular weight excluding hydrogens is 184 g/mol. The SMILES string of the molecule is C=CCNC(=O)C(C)NCC(O)CO. The predicted octanol–water partition coefficient (Wildman–Crippen LogP) is -1.38. The molecule has 0 fully saturated rings. The standard InChI is InChI=1S/C9H18N2O3/c1-3-4-10-9(14)7(2)11-5-8(13)6-12/h3,7-8,11-13H,1,4-6H2,2H3,(H,10,14). The minimum Gasteiger partial charge on any atom is -0.394 e. The Morgan fingerprint density at radius 1 is 1.64 bits per heavy atom. The van der Waals surface area contributed by atoms with Crippen molar-refractivity contribution in [2.24, 2.45) is 0 Å². The highest BCUT2D eigenvalue weighted by Crippen LogP contribution is 1.84. The summed E-state index contributed by atoms with van der Waals surface area (Å²) in [6.45, 7) is 5.46. The predicted molar refractivity (Wildman–Crippen MR) is 53.8 cm³/mol. The first kappa shape index (κ1) is 13.1. The molecule has 2 unspecified atom stereocenters. The monoisotopic (exact) mass is 202 g/mol. The van der Waals surface area contributed by atoms with E-state index in [1.165, 1.54) is 0 Å². The first-order valence-electron chi connectivity index (χ1n) is 4.52. The Labute approximate surface area is 83.8 Å². The third kappa shape index (κ3) is 5.69. The van der Waals surface area contributed by atoms with Gasteiger partial charge in [0.25, 0.3) is 0 Å². The average Bonchev–Trinajstić information content (AvgIpc) is 2.21. The molecule has 0 aromatic heterocycles. The zero-order chi connectivity index (χ0) is 11.0. The van der Waals surface area contributed by atoms with E-state index in [1.807, 2.05) is 0 Å². The molecule has 0 radical (unpaired) electrons. The van der Waals surface area contributed by atoms with E-state index in [9.17, 15) is 4.79 Å². The number of aliphatic hydroxyl groups is 2. The van der Waals surface area contributed by atoms with Gasteiger partial charge in [0.2, 0.25) is 5.91 Å². The highest BCUT2D eigenvalue weighted by Gasteiger charge is 2.12. The van der Waals surface area contributed by atoms with Crippen molar-refractivity contribution in [3.05, 3.63) is 12.7 Å². The molecule has 0 aliphatic rings. The summed E-state index contributed by atoms with van der Waals surface area (Å²) in [7, 11) is 0. The number of nitrogens with one attached hydrogen (secondary N) is 2. The van der Waals surface area contributed by atoms with Crippen LogP contribution in [0.15, 0.2) is 12.7 Å². The van der Waals surface area contributed by atoms with Gasteiger partial charge in [-0.2, -0.15) is 0 Å². The number of amides is 1.